The van der Waals surface area contributed by atoms with Crippen LogP contribution in [0.5, 0.6) is 11.5 Å². The number of para-hydroxylation sites is 1. The van der Waals surface area contributed by atoms with Gasteiger partial charge in [0, 0.05) is 18.6 Å². The molecule has 0 spiro atoms. The predicted octanol–water partition coefficient (Wildman–Crippen LogP) is 3.13. The lowest BCUT2D eigenvalue weighted by Crippen LogP contribution is -2.53. The summed E-state index contributed by atoms with van der Waals surface area (Å²) in [7, 11) is 3.77. The molecule has 4 aromatic rings. The van der Waals surface area contributed by atoms with E-state index in [-0.39, 0.29) is 42.1 Å². The van der Waals surface area contributed by atoms with Gasteiger partial charge in [-0.15, -0.1) is 0 Å². The zero-order chi connectivity index (χ0) is 28.6. The van der Waals surface area contributed by atoms with Crippen molar-refractivity contribution in [2.24, 2.45) is 0 Å². The quantitative estimate of drug-likeness (QED) is 0.280. The average Bonchev–Trinajstić information content (AvgIpc) is 3.20. The van der Waals surface area contributed by atoms with Gasteiger partial charge in [0.15, 0.2) is 11.5 Å². The molecule has 1 saturated heterocycles. The molecule has 0 bridgehead atoms. The minimum Gasteiger partial charge on any atom is -0.457 e. The molecule has 0 unspecified atom stereocenters. The molecule has 0 radical (unpaired) electrons. The molecule has 3 heterocycles. The first-order chi connectivity index (χ1) is 19.1. The van der Waals surface area contributed by atoms with Gasteiger partial charge < -0.3 is 20.3 Å². The molecule has 1 aliphatic heterocycles. The summed E-state index contributed by atoms with van der Waals surface area (Å²) in [4.78, 5) is 38.8. The van der Waals surface area contributed by atoms with E-state index in [1.165, 1.54) is 10.9 Å². The second-order valence-corrected chi connectivity index (χ2v) is 10.4. The van der Waals surface area contributed by atoms with Crippen molar-refractivity contribution in [3.63, 3.8) is 0 Å². The Morgan fingerprint density at radius 2 is 1.75 bits per heavy atom. The Hall–Kier alpha value is -4.95. The van der Waals surface area contributed by atoms with E-state index in [1.54, 1.807) is 39.8 Å². The van der Waals surface area contributed by atoms with Crippen molar-refractivity contribution < 1.29 is 9.53 Å². The minimum atomic E-state index is -0.481. The Bertz CT molecular complexity index is 1690. The van der Waals surface area contributed by atoms with Crippen LogP contribution in [0.3, 0.4) is 0 Å². The van der Waals surface area contributed by atoms with E-state index in [0.717, 1.165) is 0 Å². The molecule has 2 aromatic carbocycles. The highest BCUT2D eigenvalue weighted by Crippen LogP contribution is 2.29. The van der Waals surface area contributed by atoms with Gasteiger partial charge in [-0.3, -0.25) is 13.9 Å². The topological polar surface area (TPSA) is 135 Å². The molecule has 0 aliphatic carbocycles. The fourth-order valence-electron chi connectivity index (χ4n) is 4.50. The summed E-state index contributed by atoms with van der Waals surface area (Å²) in [6, 6.07) is 18.2. The number of likely N-dealkylation sites (N-methyl/N-ethyl adjacent to an activating group) is 1. The van der Waals surface area contributed by atoms with Crippen molar-refractivity contribution in [1.82, 2.24) is 28.9 Å². The van der Waals surface area contributed by atoms with Crippen LogP contribution in [0.2, 0.25) is 0 Å². The number of amides is 1. The molecule has 11 nitrogen and oxygen atoms in total. The Kier molecular flexibility index (Phi) is 6.87. The van der Waals surface area contributed by atoms with Gasteiger partial charge in [0.2, 0.25) is 0 Å². The number of ether oxygens (including phenoxy) is 1. The number of likely N-dealkylation sites (tertiary alicyclic amines) is 1. The molecule has 40 heavy (non-hydrogen) atoms. The number of hydrogen-bond acceptors (Lipinski definition) is 8. The largest absolute Gasteiger partial charge is 0.457 e. The Labute approximate surface area is 231 Å². The number of rotatable bonds is 7. The van der Waals surface area contributed by atoms with E-state index in [4.69, 9.17) is 10.5 Å². The van der Waals surface area contributed by atoms with Crippen molar-refractivity contribution in [1.29, 1.82) is 5.26 Å². The van der Waals surface area contributed by atoms with Gasteiger partial charge in [0.1, 0.15) is 35.0 Å². The van der Waals surface area contributed by atoms with Gasteiger partial charge in [0.25, 0.3) is 5.91 Å². The maximum absolute atomic E-state index is 13.8. The molecule has 1 aliphatic rings. The maximum atomic E-state index is 13.8. The van der Waals surface area contributed by atoms with Crippen LogP contribution in [0.4, 0.5) is 5.82 Å². The number of hydrogen-bond donors (Lipinski definition) is 1. The lowest BCUT2D eigenvalue weighted by Gasteiger charge is -2.39. The van der Waals surface area contributed by atoms with Gasteiger partial charge in [-0.2, -0.15) is 5.26 Å². The van der Waals surface area contributed by atoms with Crippen molar-refractivity contribution in [3.05, 3.63) is 83.1 Å². The van der Waals surface area contributed by atoms with E-state index in [0.29, 0.717) is 28.4 Å². The molecule has 2 N–H and O–H groups in total. The third-order valence-corrected chi connectivity index (χ3v) is 7.27. The van der Waals surface area contributed by atoms with Gasteiger partial charge in [-0.05, 0) is 70.4 Å². The monoisotopic (exact) mass is 538 g/mol. The molecule has 0 atom stereocenters. The average molecular weight is 539 g/mol. The van der Waals surface area contributed by atoms with E-state index < -0.39 is 5.54 Å². The van der Waals surface area contributed by atoms with Crippen LogP contribution < -0.4 is 16.2 Å². The fraction of sp³-hybridized carbons (Fsp3) is 0.276. The number of nitrogen functional groups attached to an aromatic ring is 1. The number of benzene rings is 2. The Morgan fingerprint density at radius 3 is 2.38 bits per heavy atom. The predicted molar refractivity (Wildman–Crippen MR) is 151 cm³/mol. The molecule has 1 fully saturated rings. The molecular weight excluding hydrogens is 508 g/mol. The summed E-state index contributed by atoms with van der Waals surface area (Å²) in [5.41, 5.74) is 6.80. The van der Waals surface area contributed by atoms with Gasteiger partial charge >= 0.3 is 5.69 Å². The van der Waals surface area contributed by atoms with Crippen molar-refractivity contribution in [3.8, 4) is 23.3 Å². The first-order valence-electron chi connectivity index (χ1n) is 12.8. The van der Waals surface area contributed by atoms with E-state index in [2.05, 4.69) is 9.97 Å². The lowest BCUT2D eigenvalue weighted by molar-refractivity contribution is -0.132. The van der Waals surface area contributed by atoms with Crippen molar-refractivity contribution in [2.45, 2.75) is 25.4 Å². The third kappa shape index (κ3) is 4.81. The lowest BCUT2D eigenvalue weighted by atomic mass is 9.98. The van der Waals surface area contributed by atoms with Crippen LogP contribution in [0.25, 0.3) is 16.9 Å². The zero-order valence-electron chi connectivity index (χ0n) is 22.8. The Morgan fingerprint density at radius 1 is 1.10 bits per heavy atom. The first kappa shape index (κ1) is 26.6. The molecule has 5 rings (SSSR count). The molecule has 1 amide bonds. The van der Waals surface area contributed by atoms with Crippen LogP contribution in [-0.4, -0.2) is 67.5 Å². The van der Waals surface area contributed by atoms with E-state index in [9.17, 15) is 14.9 Å². The number of aromatic nitrogens is 4. The van der Waals surface area contributed by atoms with Gasteiger partial charge in [-0.25, -0.2) is 14.8 Å². The SMILES string of the molecule is CN(C)C(C)(C)C=C(C#N)C(=O)N1CC(n2c(=O)n(-c3ccc(Oc4ccccc4)cc3)c3c(N)ncnc32)C1. The molecule has 0 saturated carbocycles. The summed E-state index contributed by atoms with van der Waals surface area (Å²) in [5, 5.41) is 9.66. The molecule has 2 aromatic heterocycles. The maximum Gasteiger partial charge on any atom is 0.335 e. The van der Waals surface area contributed by atoms with Gasteiger partial charge in [-0.1, -0.05) is 18.2 Å². The second kappa shape index (κ2) is 10.3. The van der Waals surface area contributed by atoms with Crippen LogP contribution >= 0.6 is 0 Å². The van der Waals surface area contributed by atoms with Crippen molar-refractivity contribution >= 4 is 22.9 Å². The number of anilines is 1. The van der Waals surface area contributed by atoms with Crippen LogP contribution in [0, 0.1) is 11.3 Å². The van der Waals surface area contributed by atoms with Crippen LogP contribution in [-0.2, 0) is 4.79 Å². The number of nitrogens with zero attached hydrogens (tertiary/aromatic N) is 7. The minimum absolute atomic E-state index is 0.0660. The highest BCUT2D eigenvalue weighted by molar-refractivity contribution is 5.98. The first-order valence-corrected chi connectivity index (χ1v) is 12.8. The number of carbonyl (C=O) groups excluding carboxylic acids is 1. The summed E-state index contributed by atoms with van der Waals surface area (Å²) in [6.07, 6.45) is 2.98. The number of nitrogens with two attached hydrogens (primary N) is 1. The zero-order valence-corrected chi connectivity index (χ0v) is 22.8. The third-order valence-electron chi connectivity index (χ3n) is 7.27. The second-order valence-electron chi connectivity index (χ2n) is 10.4. The summed E-state index contributed by atoms with van der Waals surface area (Å²) in [6.45, 7) is 4.37. The standard InChI is InChI=1S/C29H30N8O3/c1-29(2,34(3)4)14-19(15-30)27(38)35-16-21(17-35)37-26-24(25(31)32-18-33-26)36(28(37)39)20-10-12-23(13-11-20)40-22-8-6-5-7-9-22/h5-14,18,21H,16-17H2,1-4H3,(H2,31,32,33). The number of nitriles is 1. The fourth-order valence-corrected chi connectivity index (χ4v) is 4.50. The van der Waals surface area contributed by atoms with E-state index in [1.807, 2.05) is 69.2 Å². The number of imidazole rings is 1. The van der Waals surface area contributed by atoms with Crippen LogP contribution in [0.1, 0.15) is 19.9 Å². The summed E-state index contributed by atoms with van der Waals surface area (Å²) >= 11 is 0. The smallest absolute Gasteiger partial charge is 0.335 e. The summed E-state index contributed by atoms with van der Waals surface area (Å²) < 4.78 is 8.90. The molecule has 204 valence electrons. The molecule has 11 heteroatoms. The Balaban J connectivity index is 1.44. The highest BCUT2D eigenvalue weighted by atomic mass is 16.5. The highest BCUT2D eigenvalue weighted by Gasteiger charge is 2.37. The normalized spacial score (nSPS) is 14.3. The summed E-state index contributed by atoms with van der Waals surface area (Å²) in [5.74, 6) is 1.11. The van der Waals surface area contributed by atoms with Crippen LogP contribution in [0.15, 0.2) is 77.4 Å². The van der Waals surface area contributed by atoms with Crippen molar-refractivity contribution in [2.75, 3.05) is 32.9 Å². The molecular formula is C29H30N8O3. The number of fused-ring (bicyclic) bond motifs is 1. The number of carbonyl (C=O) groups is 1. The van der Waals surface area contributed by atoms with E-state index >= 15 is 0 Å². The van der Waals surface area contributed by atoms with Gasteiger partial charge in [0.05, 0.1) is 11.7 Å².